The lowest BCUT2D eigenvalue weighted by Gasteiger charge is -2.24. The van der Waals surface area contributed by atoms with Crippen molar-refractivity contribution < 1.29 is 5.11 Å². The fraction of sp³-hybridized carbons (Fsp3) is 0.600. The molecule has 3 rings (SSSR count). The lowest BCUT2D eigenvalue weighted by atomic mass is 9.98. The minimum atomic E-state index is -0.570. The second-order valence-electron chi connectivity index (χ2n) is 5.98. The molecule has 21 heavy (non-hydrogen) atoms. The van der Waals surface area contributed by atoms with Gasteiger partial charge in [-0.2, -0.15) is 0 Å². The summed E-state index contributed by atoms with van der Waals surface area (Å²) in [6, 6.07) is 0. The SMILES string of the molecule is CCNc1cn2ccnc2c(N2CCCC(C)(O)CC2)n1. The van der Waals surface area contributed by atoms with Crippen LogP contribution in [0.25, 0.3) is 5.65 Å². The van der Waals surface area contributed by atoms with Crippen LogP contribution in [0.1, 0.15) is 33.1 Å². The molecule has 1 unspecified atom stereocenters. The van der Waals surface area contributed by atoms with Crippen LogP contribution in [-0.4, -0.2) is 44.7 Å². The van der Waals surface area contributed by atoms with E-state index in [4.69, 9.17) is 4.98 Å². The van der Waals surface area contributed by atoms with Gasteiger partial charge >= 0.3 is 0 Å². The summed E-state index contributed by atoms with van der Waals surface area (Å²) in [5, 5.41) is 13.5. The molecule has 0 saturated carbocycles. The minimum absolute atomic E-state index is 0.570. The number of aliphatic hydroxyl groups is 1. The van der Waals surface area contributed by atoms with E-state index in [1.165, 1.54) is 0 Å². The molecule has 0 spiro atoms. The Morgan fingerprint density at radius 3 is 3.05 bits per heavy atom. The predicted octanol–water partition coefficient (Wildman–Crippen LogP) is 1.90. The van der Waals surface area contributed by atoms with Crippen molar-refractivity contribution in [1.82, 2.24) is 14.4 Å². The van der Waals surface area contributed by atoms with Crippen molar-refractivity contribution in [2.75, 3.05) is 29.9 Å². The molecule has 0 aliphatic carbocycles. The number of imidazole rings is 1. The maximum Gasteiger partial charge on any atom is 0.180 e. The average Bonchev–Trinajstić information content (AvgIpc) is 2.83. The maximum absolute atomic E-state index is 10.3. The molecule has 0 amide bonds. The number of anilines is 2. The van der Waals surface area contributed by atoms with E-state index in [-0.39, 0.29) is 0 Å². The average molecular weight is 289 g/mol. The van der Waals surface area contributed by atoms with Gasteiger partial charge in [0.2, 0.25) is 0 Å². The molecule has 1 atom stereocenters. The van der Waals surface area contributed by atoms with Crippen molar-refractivity contribution in [2.24, 2.45) is 0 Å². The molecule has 1 aliphatic rings. The number of hydrogen-bond donors (Lipinski definition) is 2. The summed E-state index contributed by atoms with van der Waals surface area (Å²) < 4.78 is 2.00. The summed E-state index contributed by atoms with van der Waals surface area (Å²) in [5.41, 5.74) is 0.304. The number of nitrogens with one attached hydrogen (secondary N) is 1. The van der Waals surface area contributed by atoms with Gasteiger partial charge in [0, 0.05) is 32.0 Å². The Morgan fingerprint density at radius 2 is 2.24 bits per heavy atom. The first kappa shape index (κ1) is 14.1. The van der Waals surface area contributed by atoms with Crippen LogP contribution in [0.5, 0.6) is 0 Å². The van der Waals surface area contributed by atoms with Gasteiger partial charge in [0.1, 0.15) is 5.82 Å². The first-order valence-corrected chi connectivity index (χ1v) is 7.64. The van der Waals surface area contributed by atoms with Crippen molar-refractivity contribution >= 4 is 17.3 Å². The molecule has 2 aromatic heterocycles. The normalized spacial score (nSPS) is 23.3. The van der Waals surface area contributed by atoms with Crippen LogP contribution in [0.4, 0.5) is 11.6 Å². The third-order valence-corrected chi connectivity index (χ3v) is 4.08. The molecule has 1 fully saturated rings. The van der Waals surface area contributed by atoms with Crippen molar-refractivity contribution in [3.05, 3.63) is 18.6 Å². The molecule has 3 heterocycles. The van der Waals surface area contributed by atoms with Gasteiger partial charge in [-0.1, -0.05) is 0 Å². The lowest BCUT2D eigenvalue weighted by Crippen LogP contribution is -2.29. The third-order valence-electron chi connectivity index (χ3n) is 4.08. The fourth-order valence-electron chi connectivity index (χ4n) is 2.87. The molecule has 6 nitrogen and oxygen atoms in total. The number of rotatable bonds is 3. The third kappa shape index (κ3) is 2.95. The number of aromatic nitrogens is 3. The highest BCUT2D eigenvalue weighted by Crippen LogP contribution is 2.27. The zero-order chi connectivity index (χ0) is 14.9. The van der Waals surface area contributed by atoms with Gasteiger partial charge in [-0.3, -0.25) is 0 Å². The molecule has 114 valence electrons. The fourth-order valence-corrected chi connectivity index (χ4v) is 2.87. The molecule has 1 saturated heterocycles. The first-order valence-electron chi connectivity index (χ1n) is 7.64. The quantitative estimate of drug-likeness (QED) is 0.903. The Balaban J connectivity index is 1.96. The molecule has 2 N–H and O–H groups in total. The molecular weight excluding hydrogens is 266 g/mol. The highest BCUT2D eigenvalue weighted by molar-refractivity contribution is 5.66. The zero-order valence-corrected chi connectivity index (χ0v) is 12.7. The molecule has 0 radical (unpaired) electrons. The van der Waals surface area contributed by atoms with Crippen LogP contribution < -0.4 is 10.2 Å². The van der Waals surface area contributed by atoms with Gasteiger partial charge in [-0.15, -0.1) is 0 Å². The van der Waals surface area contributed by atoms with E-state index in [9.17, 15) is 5.11 Å². The Bertz CT molecular complexity index is 622. The number of fused-ring (bicyclic) bond motifs is 1. The highest BCUT2D eigenvalue weighted by Gasteiger charge is 2.26. The van der Waals surface area contributed by atoms with Crippen LogP contribution in [0.3, 0.4) is 0 Å². The summed E-state index contributed by atoms with van der Waals surface area (Å²) in [4.78, 5) is 11.4. The van der Waals surface area contributed by atoms with E-state index < -0.39 is 5.60 Å². The second-order valence-corrected chi connectivity index (χ2v) is 5.98. The summed E-state index contributed by atoms with van der Waals surface area (Å²) in [7, 11) is 0. The molecule has 1 aliphatic heterocycles. The van der Waals surface area contributed by atoms with E-state index >= 15 is 0 Å². The van der Waals surface area contributed by atoms with Gasteiger partial charge in [0.25, 0.3) is 0 Å². The van der Waals surface area contributed by atoms with Crippen molar-refractivity contribution in [2.45, 2.75) is 38.7 Å². The predicted molar refractivity (Wildman–Crippen MR) is 83.8 cm³/mol. The summed E-state index contributed by atoms with van der Waals surface area (Å²) in [5.74, 6) is 1.75. The van der Waals surface area contributed by atoms with Crippen LogP contribution in [-0.2, 0) is 0 Å². The topological polar surface area (TPSA) is 65.7 Å². The Kier molecular flexibility index (Phi) is 3.71. The molecular formula is C15H23N5O. The number of nitrogens with zero attached hydrogens (tertiary/aromatic N) is 4. The van der Waals surface area contributed by atoms with E-state index in [2.05, 4.69) is 22.1 Å². The van der Waals surface area contributed by atoms with Crippen molar-refractivity contribution in [3.63, 3.8) is 0 Å². The summed E-state index contributed by atoms with van der Waals surface area (Å²) in [6.07, 6.45) is 8.25. The lowest BCUT2D eigenvalue weighted by molar-refractivity contribution is 0.0481. The van der Waals surface area contributed by atoms with E-state index in [0.29, 0.717) is 0 Å². The summed E-state index contributed by atoms with van der Waals surface area (Å²) in [6.45, 7) is 6.52. The monoisotopic (exact) mass is 289 g/mol. The molecule has 2 aromatic rings. The standard InChI is InChI=1S/C15H23N5O/c1-3-16-12-11-20-10-7-17-13(20)14(18-12)19-8-4-5-15(2,21)6-9-19/h7,10-11,16,21H,3-6,8-9H2,1-2H3. The van der Waals surface area contributed by atoms with Crippen LogP contribution in [0.15, 0.2) is 18.6 Å². The van der Waals surface area contributed by atoms with Crippen molar-refractivity contribution in [1.29, 1.82) is 0 Å². The van der Waals surface area contributed by atoms with E-state index in [1.807, 2.05) is 23.7 Å². The summed E-state index contributed by atoms with van der Waals surface area (Å²) >= 11 is 0. The van der Waals surface area contributed by atoms with Crippen LogP contribution >= 0.6 is 0 Å². The van der Waals surface area contributed by atoms with Crippen LogP contribution in [0.2, 0.25) is 0 Å². The smallest absolute Gasteiger partial charge is 0.180 e. The minimum Gasteiger partial charge on any atom is -0.390 e. The van der Waals surface area contributed by atoms with Gasteiger partial charge in [-0.05, 0) is 33.1 Å². The van der Waals surface area contributed by atoms with Gasteiger partial charge in [-0.25, -0.2) is 9.97 Å². The molecule has 0 aromatic carbocycles. The van der Waals surface area contributed by atoms with E-state index in [1.54, 1.807) is 6.20 Å². The van der Waals surface area contributed by atoms with Gasteiger partial charge in [0.05, 0.1) is 11.8 Å². The Hall–Kier alpha value is -1.82. The van der Waals surface area contributed by atoms with Crippen LogP contribution in [0, 0.1) is 0 Å². The molecule has 6 heteroatoms. The number of hydrogen-bond acceptors (Lipinski definition) is 5. The van der Waals surface area contributed by atoms with Gasteiger partial charge in [0.15, 0.2) is 11.5 Å². The maximum atomic E-state index is 10.3. The Labute approximate surface area is 124 Å². The zero-order valence-electron chi connectivity index (χ0n) is 12.7. The molecule has 0 bridgehead atoms. The first-order chi connectivity index (χ1) is 10.1. The van der Waals surface area contributed by atoms with Crippen molar-refractivity contribution in [3.8, 4) is 0 Å². The van der Waals surface area contributed by atoms with E-state index in [0.717, 1.165) is 56.2 Å². The van der Waals surface area contributed by atoms with Gasteiger partial charge < -0.3 is 19.7 Å². The Morgan fingerprint density at radius 1 is 1.38 bits per heavy atom. The highest BCUT2D eigenvalue weighted by atomic mass is 16.3. The second kappa shape index (κ2) is 5.52. The largest absolute Gasteiger partial charge is 0.390 e.